The Labute approximate surface area is 189 Å². The first-order valence-corrected chi connectivity index (χ1v) is 11.6. The van der Waals surface area contributed by atoms with Crippen LogP contribution in [-0.2, 0) is 24.2 Å². The number of hydrogen-bond acceptors (Lipinski definition) is 4. The fraction of sp³-hybridized carbons (Fsp3) is 0.480. The minimum absolute atomic E-state index is 0.245. The molecule has 0 bridgehead atoms. The molecule has 4 rings (SSSR count). The van der Waals surface area contributed by atoms with Crippen LogP contribution in [0.25, 0.3) is 0 Å². The van der Waals surface area contributed by atoms with Crippen LogP contribution in [0.3, 0.4) is 0 Å². The average molecular weight is 443 g/mol. The molecule has 5 nitrogen and oxygen atoms in total. The fourth-order valence-corrected chi connectivity index (χ4v) is 5.05. The Morgan fingerprint density at radius 1 is 1.19 bits per heavy atom. The van der Waals surface area contributed by atoms with Crippen LogP contribution in [0.5, 0.6) is 0 Å². The van der Waals surface area contributed by atoms with E-state index < -0.39 is 12.1 Å². The summed E-state index contributed by atoms with van der Waals surface area (Å²) in [4.78, 5) is 13.6. The number of fused-ring (bicyclic) bond motifs is 1. The molecule has 2 aromatic rings. The standard InChI is InChI=1S/C25H31ClN2O3/c26-22-5-1-3-19(12-22)24(29)14-27-23-9-8-18-7-6-17(11-21(18)13-23)15-28-10-2-4-20(16-28)25(30)31/h1,3,5-7,11-12,20,23-24,27,29H,2,4,8-10,13-16H2,(H,30,31)/t20-,23+,24-/m1/s1. The van der Waals surface area contributed by atoms with Gasteiger partial charge in [-0.15, -0.1) is 0 Å². The molecule has 0 unspecified atom stereocenters. The van der Waals surface area contributed by atoms with Crippen LogP contribution in [0.1, 0.15) is 47.6 Å². The van der Waals surface area contributed by atoms with E-state index in [0.29, 0.717) is 24.2 Å². The summed E-state index contributed by atoms with van der Waals surface area (Å²) in [6.45, 7) is 2.91. The Morgan fingerprint density at radius 2 is 2.06 bits per heavy atom. The van der Waals surface area contributed by atoms with Crippen molar-refractivity contribution < 1.29 is 15.0 Å². The van der Waals surface area contributed by atoms with Gasteiger partial charge >= 0.3 is 5.97 Å². The number of benzene rings is 2. The molecule has 0 aromatic heterocycles. The number of nitrogens with one attached hydrogen (secondary N) is 1. The zero-order valence-corrected chi connectivity index (χ0v) is 18.5. The number of piperidine rings is 1. The molecule has 3 atom stereocenters. The quantitative estimate of drug-likeness (QED) is 0.608. The summed E-state index contributed by atoms with van der Waals surface area (Å²) in [5.74, 6) is -0.921. The smallest absolute Gasteiger partial charge is 0.307 e. The third-order valence-corrected chi connectivity index (χ3v) is 6.83. The van der Waals surface area contributed by atoms with Gasteiger partial charge in [-0.05, 0) is 73.0 Å². The Balaban J connectivity index is 1.33. The molecule has 1 heterocycles. The number of rotatable bonds is 7. The minimum atomic E-state index is -0.677. The van der Waals surface area contributed by atoms with Crippen LogP contribution < -0.4 is 5.32 Å². The maximum Gasteiger partial charge on any atom is 0.307 e. The van der Waals surface area contributed by atoms with Gasteiger partial charge in [-0.25, -0.2) is 0 Å². The third kappa shape index (κ3) is 5.86. The first-order chi connectivity index (χ1) is 15.0. The molecule has 1 fully saturated rings. The van der Waals surface area contributed by atoms with E-state index in [4.69, 9.17) is 11.6 Å². The van der Waals surface area contributed by atoms with Crippen molar-refractivity contribution in [3.05, 3.63) is 69.7 Å². The molecule has 6 heteroatoms. The van der Waals surface area contributed by atoms with E-state index in [1.807, 2.05) is 24.3 Å². The molecule has 0 radical (unpaired) electrons. The number of aliphatic carboxylic acids is 1. The monoisotopic (exact) mass is 442 g/mol. The number of carbonyl (C=O) groups is 1. The number of hydrogen-bond donors (Lipinski definition) is 3. The molecular weight excluding hydrogens is 412 g/mol. The van der Waals surface area contributed by atoms with Gasteiger partial charge < -0.3 is 15.5 Å². The molecule has 0 amide bonds. The number of likely N-dealkylation sites (tertiary alicyclic amines) is 1. The number of carboxylic acid groups (broad SMARTS) is 1. The lowest BCUT2D eigenvalue weighted by molar-refractivity contribution is -0.143. The third-order valence-electron chi connectivity index (χ3n) is 6.59. The first kappa shape index (κ1) is 22.3. The van der Waals surface area contributed by atoms with Gasteiger partial charge in [-0.1, -0.05) is 41.9 Å². The van der Waals surface area contributed by atoms with Gasteiger partial charge in [0.15, 0.2) is 0 Å². The van der Waals surface area contributed by atoms with Gasteiger partial charge in [0, 0.05) is 30.7 Å². The SMILES string of the molecule is O=C(O)[C@@H]1CCCN(Cc2ccc3c(c2)C[C@@H](NC[C@@H](O)c2cccc(Cl)c2)CC3)C1. The molecule has 1 aliphatic heterocycles. The molecule has 2 aliphatic rings. The lowest BCUT2D eigenvalue weighted by Crippen LogP contribution is -2.38. The Hall–Kier alpha value is -1.92. The maximum absolute atomic E-state index is 11.3. The highest BCUT2D eigenvalue weighted by molar-refractivity contribution is 6.30. The van der Waals surface area contributed by atoms with Gasteiger partial charge in [0.25, 0.3) is 0 Å². The van der Waals surface area contributed by atoms with E-state index in [2.05, 4.69) is 28.4 Å². The van der Waals surface area contributed by atoms with Crippen molar-refractivity contribution in [1.82, 2.24) is 10.2 Å². The van der Waals surface area contributed by atoms with E-state index >= 15 is 0 Å². The molecule has 1 aliphatic carbocycles. The van der Waals surface area contributed by atoms with Gasteiger partial charge in [0.05, 0.1) is 12.0 Å². The largest absolute Gasteiger partial charge is 0.481 e. The predicted octanol–water partition coefficient (Wildman–Crippen LogP) is 3.82. The zero-order chi connectivity index (χ0) is 21.8. The summed E-state index contributed by atoms with van der Waals surface area (Å²) >= 11 is 6.04. The second-order valence-corrected chi connectivity index (χ2v) is 9.37. The van der Waals surface area contributed by atoms with Crippen LogP contribution in [0.4, 0.5) is 0 Å². The number of aryl methyl sites for hydroxylation is 1. The zero-order valence-electron chi connectivity index (χ0n) is 17.8. The van der Waals surface area contributed by atoms with Crippen LogP contribution in [0.15, 0.2) is 42.5 Å². The van der Waals surface area contributed by atoms with Crippen molar-refractivity contribution in [2.75, 3.05) is 19.6 Å². The summed E-state index contributed by atoms with van der Waals surface area (Å²) in [7, 11) is 0. The van der Waals surface area contributed by atoms with E-state index in [1.165, 1.54) is 16.7 Å². The number of aliphatic hydroxyl groups excluding tert-OH is 1. The Bertz CT molecular complexity index is 919. The van der Waals surface area contributed by atoms with Crippen molar-refractivity contribution in [2.45, 2.75) is 50.8 Å². The molecule has 166 valence electrons. The predicted molar refractivity (Wildman–Crippen MR) is 122 cm³/mol. The topological polar surface area (TPSA) is 72.8 Å². The number of carboxylic acids is 1. The van der Waals surface area contributed by atoms with Gasteiger partial charge in [-0.2, -0.15) is 0 Å². The summed E-state index contributed by atoms with van der Waals surface area (Å²) < 4.78 is 0. The summed E-state index contributed by atoms with van der Waals surface area (Å²) in [6.07, 6.45) is 4.19. The van der Waals surface area contributed by atoms with Crippen molar-refractivity contribution in [1.29, 1.82) is 0 Å². The highest BCUT2D eigenvalue weighted by Gasteiger charge is 2.26. The molecular formula is C25H31ClN2O3. The normalized spacial score (nSPS) is 22.6. The van der Waals surface area contributed by atoms with Crippen molar-refractivity contribution in [3.8, 4) is 0 Å². The maximum atomic E-state index is 11.3. The molecule has 0 saturated carbocycles. The van der Waals surface area contributed by atoms with Crippen molar-refractivity contribution in [2.24, 2.45) is 5.92 Å². The van der Waals surface area contributed by atoms with Gasteiger partial charge in [-0.3, -0.25) is 9.69 Å². The Morgan fingerprint density at radius 3 is 2.87 bits per heavy atom. The van der Waals surface area contributed by atoms with Gasteiger partial charge in [0.1, 0.15) is 0 Å². The van der Waals surface area contributed by atoms with E-state index in [1.54, 1.807) is 0 Å². The lowest BCUT2D eigenvalue weighted by atomic mass is 9.87. The molecule has 0 spiro atoms. The van der Waals surface area contributed by atoms with E-state index in [-0.39, 0.29) is 5.92 Å². The minimum Gasteiger partial charge on any atom is -0.481 e. The van der Waals surface area contributed by atoms with Gasteiger partial charge in [0.2, 0.25) is 0 Å². The van der Waals surface area contributed by atoms with Crippen molar-refractivity contribution in [3.63, 3.8) is 0 Å². The first-order valence-electron chi connectivity index (χ1n) is 11.2. The summed E-state index contributed by atoms with van der Waals surface area (Å²) in [6, 6.07) is 14.4. The lowest BCUT2D eigenvalue weighted by Gasteiger charge is -2.31. The molecule has 2 aromatic carbocycles. The van der Waals surface area contributed by atoms with E-state index in [9.17, 15) is 15.0 Å². The molecule has 31 heavy (non-hydrogen) atoms. The second kappa shape index (κ2) is 10.1. The van der Waals surface area contributed by atoms with E-state index in [0.717, 1.165) is 50.8 Å². The van der Waals surface area contributed by atoms with Crippen LogP contribution in [0, 0.1) is 5.92 Å². The van der Waals surface area contributed by atoms with Crippen molar-refractivity contribution >= 4 is 17.6 Å². The molecule has 1 saturated heterocycles. The van der Waals surface area contributed by atoms with Crippen LogP contribution in [0.2, 0.25) is 5.02 Å². The highest BCUT2D eigenvalue weighted by atomic mass is 35.5. The van der Waals surface area contributed by atoms with Crippen LogP contribution >= 0.6 is 11.6 Å². The fourth-order valence-electron chi connectivity index (χ4n) is 4.85. The second-order valence-electron chi connectivity index (χ2n) is 8.93. The Kier molecular flexibility index (Phi) is 7.28. The number of aliphatic hydroxyl groups is 1. The summed E-state index contributed by atoms with van der Waals surface area (Å²) in [5.41, 5.74) is 4.86. The summed E-state index contributed by atoms with van der Waals surface area (Å²) in [5, 5.41) is 24.0. The average Bonchev–Trinajstić information content (AvgIpc) is 2.77. The van der Waals surface area contributed by atoms with Crippen LogP contribution in [-0.4, -0.2) is 46.8 Å². The number of halogens is 1. The number of nitrogens with zero attached hydrogens (tertiary/aromatic N) is 1. The highest BCUT2D eigenvalue weighted by Crippen LogP contribution is 2.25. The molecule has 3 N–H and O–H groups in total.